The highest BCUT2D eigenvalue weighted by Crippen LogP contribution is 2.71. The summed E-state index contributed by atoms with van der Waals surface area (Å²) in [5.41, 5.74) is 1.64. The maximum atomic E-state index is 6.25. The fourth-order valence-corrected chi connectivity index (χ4v) is 6.57. The van der Waals surface area contributed by atoms with Gasteiger partial charge in [0.1, 0.15) is 0 Å². The smallest absolute Gasteiger partial charge is 0.0717 e. The van der Waals surface area contributed by atoms with Crippen molar-refractivity contribution < 1.29 is 4.74 Å². The van der Waals surface area contributed by atoms with Gasteiger partial charge in [-0.2, -0.15) is 0 Å². The lowest BCUT2D eigenvalue weighted by Crippen LogP contribution is -2.52. The van der Waals surface area contributed by atoms with Crippen LogP contribution in [0.25, 0.3) is 0 Å². The molecule has 0 amide bonds. The van der Waals surface area contributed by atoms with Crippen LogP contribution in [0.3, 0.4) is 0 Å². The Labute approximate surface area is 105 Å². The molecule has 3 saturated carbocycles. The van der Waals surface area contributed by atoms with Crippen LogP contribution in [0, 0.1) is 22.7 Å². The Morgan fingerprint density at radius 3 is 2.65 bits per heavy atom. The van der Waals surface area contributed by atoms with Crippen molar-refractivity contribution in [3.8, 4) is 0 Å². The number of hydrogen-bond acceptors (Lipinski definition) is 1. The van der Waals surface area contributed by atoms with Gasteiger partial charge in [0, 0.05) is 6.61 Å². The summed E-state index contributed by atoms with van der Waals surface area (Å²) in [5.74, 6) is 1.92. The van der Waals surface area contributed by atoms with Crippen LogP contribution in [0.4, 0.5) is 0 Å². The molecule has 0 unspecified atom stereocenters. The summed E-state index contributed by atoms with van der Waals surface area (Å²) in [6.07, 6.45) is 11.5. The molecule has 3 aliphatic carbocycles. The Morgan fingerprint density at radius 2 is 1.76 bits per heavy atom. The highest BCUT2D eigenvalue weighted by molar-refractivity contribution is 5.17. The van der Waals surface area contributed by atoms with Gasteiger partial charge in [0.15, 0.2) is 0 Å². The second kappa shape index (κ2) is 3.10. The minimum absolute atomic E-state index is 0.351. The molecule has 0 radical (unpaired) electrons. The Hall–Kier alpha value is -0.0400. The molecule has 1 nitrogen and oxygen atoms in total. The zero-order chi connectivity index (χ0) is 11.7. The molecule has 0 N–H and O–H groups in total. The van der Waals surface area contributed by atoms with E-state index in [1.54, 1.807) is 0 Å². The number of ether oxygens (including phenoxy) is 1. The minimum Gasteiger partial charge on any atom is -0.375 e. The summed E-state index contributed by atoms with van der Waals surface area (Å²) in [4.78, 5) is 0. The van der Waals surface area contributed by atoms with Crippen molar-refractivity contribution in [2.24, 2.45) is 22.7 Å². The zero-order valence-electron chi connectivity index (χ0n) is 11.4. The molecular weight excluding hydrogens is 208 g/mol. The largest absolute Gasteiger partial charge is 0.375 e. The van der Waals surface area contributed by atoms with E-state index in [2.05, 4.69) is 13.8 Å². The van der Waals surface area contributed by atoms with Gasteiger partial charge in [-0.3, -0.25) is 0 Å². The van der Waals surface area contributed by atoms with Crippen LogP contribution < -0.4 is 0 Å². The fourth-order valence-electron chi connectivity index (χ4n) is 6.57. The maximum Gasteiger partial charge on any atom is 0.0717 e. The Morgan fingerprint density at radius 1 is 0.882 bits per heavy atom. The Kier molecular flexibility index (Phi) is 1.98. The van der Waals surface area contributed by atoms with Crippen molar-refractivity contribution in [2.75, 3.05) is 6.61 Å². The van der Waals surface area contributed by atoms with Crippen LogP contribution >= 0.6 is 0 Å². The van der Waals surface area contributed by atoms with E-state index >= 15 is 0 Å². The van der Waals surface area contributed by atoms with E-state index in [0.29, 0.717) is 16.4 Å². The van der Waals surface area contributed by atoms with Crippen LogP contribution in [0.5, 0.6) is 0 Å². The van der Waals surface area contributed by atoms with Gasteiger partial charge in [-0.05, 0) is 67.6 Å². The summed E-state index contributed by atoms with van der Waals surface area (Å²) >= 11 is 0. The van der Waals surface area contributed by atoms with Gasteiger partial charge in [-0.25, -0.2) is 0 Å². The van der Waals surface area contributed by atoms with Crippen molar-refractivity contribution in [3.05, 3.63) is 0 Å². The van der Waals surface area contributed by atoms with E-state index in [4.69, 9.17) is 4.74 Å². The molecule has 4 atom stereocenters. The van der Waals surface area contributed by atoms with E-state index < -0.39 is 0 Å². The van der Waals surface area contributed by atoms with Gasteiger partial charge in [0.05, 0.1) is 5.60 Å². The maximum absolute atomic E-state index is 6.25. The van der Waals surface area contributed by atoms with Crippen molar-refractivity contribution >= 4 is 0 Å². The number of rotatable bonds is 0. The van der Waals surface area contributed by atoms with E-state index in [-0.39, 0.29) is 0 Å². The van der Waals surface area contributed by atoms with E-state index in [1.807, 2.05) is 0 Å². The molecular formula is C16H26O. The Bertz CT molecular complexity index is 347. The third-order valence-electron chi connectivity index (χ3n) is 7.10. The monoisotopic (exact) mass is 234 g/mol. The Balaban J connectivity index is 1.79. The summed E-state index contributed by atoms with van der Waals surface area (Å²) in [6.45, 7) is 6.14. The summed E-state index contributed by atoms with van der Waals surface area (Å²) in [7, 11) is 0. The second-order valence-electron chi connectivity index (χ2n) is 7.92. The molecule has 17 heavy (non-hydrogen) atoms. The van der Waals surface area contributed by atoms with Crippen LogP contribution in [-0.2, 0) is 4.74 Å². The van der Waals surface area contributed by atoms with E-state index in [0.717, 1.165) is 18.4 Å². The molecule has 0 aromatic heterocycles. The molecule has 0 aromatic carbocycles. The first kappa shape index (κ1) is 10.8. The average molecular weight is 234 g/mol. The van der Waals surface area contributed by atoms with Gasteiger partial charge in [-0.15, -0.1) is 0 Å². The highest BCUT2D eigenvalue weighted by Gasteiger charge is 2.67. The molecule has 1 aliphatic heterocycles. The van der Waals surface area contributed by atoms with E-state index in [9.17, 15) is 0 Å². The number of hydrogen-bond donors (Lipinski definition) is 0. The molecule has 1 spiro atoms. The van der Waals surface area contributed by atoms with Crippen molar-refractivity contribution in [3.63, 3.8) is 0 Å². The van der Waals surface area contributed by atoms with Crippen LogP contribution in [0.2, 0.25) is 0 Å². The van der Waals surface area contributed by atoms with Gasteiger partial charge in [0.25, 0.3) is 0 Å². The van der Waals surface area contributed by atoms with Gasteiger partial charge >= 0.3 is 0 Å². The summed E-state index contributed by atoms with van der Waals surface area (Å²) < 4.78 is 6.25. The summed E-state index contributed by atoms with van der Waals surface area (Å²) in [5, 5.41) is 0. The van der Waals surface area contributed by atoms with Gasteiger partial charge in [0.2, 0.25) is 0 Å². The quantitative estimate of drug-likeness (QED) is 0.611. The molecule has 4 rings (SSSR count). The van der Waals surface area contributed by atoms with Crippen molar-refractivity contribution in [1.82, 2.24) is 0 Å². The first-order valence-electron chi connectivity index (χ1n) is 7.73. The predicted molar refractivity (Wildman–Crippen MR) is 68.8 cm³/mol. The fraction of sp³-hybridized carbons (Fsp3) is 1.00. The molecule has 0 aromatic rings. The van der Waals surface area contributed by atoms with Crippen LogP contribution in [-0.4, -0.2) is 12.2 Å². The van der Waals surface area contributed by atoms with E-state index in [1.165, 1.54) is 51.4 Å². The second-order valence-corrected chi connectivity index (χ2v) is 7.92. The lowest BCUT2D eigenvalue weighted by molar-refractivity contribution is -0.117. The standard InChI is InChI=1S/C16H26O/c1-14(2)6-3-7-15-9-10-16(8-4-12(14)15)13(15)5-11-17-16/h12-13H,3-11H2,1-2H3/t12-,13-,15+,16-/m0/s1. The lowest BCUT2D eigenvalue weighted by Gasteiger charge is -2.57. The first-order chi connectivity index (χ1) is 8.09. The highest BCUT2D eigenvalue weighted by atomic mass is 16.5. The molecule has 1 saturated heterocycles. The third-order valence-corrected chi connectivity index (χ3v) is 7.10. The third kappa shape index (κ3) is 1.15. The summed E-state index contributed by atoms with van der Waals surface area (Å²) in [6, 6.07) is 0. The normalized spacial score (nSPS) is 55.4. The minimum atomic E-state index is 0.351. The lowest BCUT2D eigenvalue weighted by atomic mass is 9.48. The molecule has 4 aliphatic rings. The first-order valence-corrected chi connectivity index (χ1v) is 7.73. The molecule has 96 valence electrons. The predicted octanol–water partition coefficient (Wildman–Crippen LogP) is 4.16. The van der Waals surface area contributed by atoms with Crippen molar-refractivity contribution in [2.45, 2.75) is 70.8 Å². The van der Waals surface area contributed by atoms with Gasteiger partial charge < -0.3 is 4.74 Å². The van der Waals surface area contributed by atoms with Crippen LogP contribution in [0.1, 0.15) is 65.2 Å². The van der Waals surface area contributed by atoms with Crippen molar-refractivity contribution in [1.29, 1.82) is 0 Å². The molecule has 4 fully saturated rings. The molecule has 1 heterocycles. The topological polar surface area (TPSA) is 9.23 Å². The van der Waals surface area contributed by atoms with Gasteiger partial charge in [-0.1, -0.05) is 20.3 Å². The zero-order valence-corrected chi connectivity index (χ0v) is 11.4. The SMILES string of the molecule is CC1(C)CCC[C@@]23CC[C@]4(CC[C@@H]12)OCC[C@H]43. The van der Waals surface area contributed by atoms with Crippen LogP contribution in [0.15, 0.2) is 0 Å². The average Bonchev–Trinajstić information content (AvgIpc) is 2.75. The molecule has 1 heteroatoms. The molecule has 2 bridgehead atoms.